The van der Waals surface area contributed by atoms with E-state index in [1.165, 1.54) is 0 Å². The van der Waals surface area contributed by atoms with Gasteiger partial charge in [0.05, 0.1) is 11.4 Å². The lowest BCUT2D eigenvalue weighted by molar-refractivity contribution is -0.725. The maximum Gasteiger partial charge on any atom is 0.394 e. The topological polar surface area (TPSA) is 75.5 Å². The second-order valence-corrected chi connectivity index (χ2v) is 5.52. The fourth-order valence-corrected chi connectivity index (χ4v) is 2.41. The number of halogens is 1. The lowest BCUT2D eigenvalue weighted by Gasteiger charge is -2.04. The van der Waals surface area contributed by atoms with Crippen LogP contribution < -0.4 is 15.6 Å². The molecule has 1 aromatic heterocycles. The molecular formula is C14H14ClN2O3S+. The van der Waals surface area contributed by atoms with Crippen LogP contribution in [0.1, 0.15) is 4.88 Å². The van der Waals surface area contributed by atoms with Gasteiger partial charge in [0.25, 0.3) is 5.84 Å². The van der Waals surface area contributed by atoms with Crippen LogP contribution in [0, 0.1) is 0 Å². The Labute approximate surface area is 130 Å². The molecule has 0 unspecified atom stereocenters. The molecule has 5 nitrogen and oxygen atoms in total. The van der Waals surface area contributed by atoms with E-state index in [9.17, 15) is 4.79 Å². The first-order valence-electron chi connectivity index (χ1n) is 6.12. The van der Waals surface area contributed by atoms with E-state index in [2.05, 4.69) is 5.16 Å². The van der Waals surface area contributed by atoms with Crippen LogP contribution in [0.25, 0.3) is 0 Å². The molecule has 2 aromatic rings. The summed E-state index contributed by atoms with van der Waals surface area (Å²) in [5.41, 5.74) is 5.72. The maximum atomic E-state index is 11.5. The lowest BCUT2D eigenvalue weighted by atomic mass is 10.3. The molecule has 0 aliphatic heterocycles. The van der Waals surface area contributed by atoms with E-state index < -0.39 is 5.97 Å². The SMILES string of the molecule is NC(Cc1cccs1)=[NH+]OC(=O)COc1ccccc1Cl. The summed E-state index contributed by atoms with van der Waals surface area (Å²) in [6.45, 7) is -0.261. The highest BCUT2D eigenvalue weighted by Gasteiger charge is 2.09. The molecule has 1 heterocycles. The van der Waals surface area contributed by atoms with Gasteiger partial charge in [-0.3, -0.25) is 10.6 Å². The summed E-state index contributed by atoms with van der Waals surface area (Å²) in [4.78, 5) is 17.4. The summed E-state index contributed by atoms with van der Waals surface area (Å²) < 4.78 is 5.24. The molecule has 0 aliphatic carbocycles. The van der Waals surface area contributed by atoms with E-state index >= 15 is 0 Å². The van der Waals surface area contributed by atoms with Gasteiger partial charge in [0, 0.05) is 4.88 Å². The number of carbonyl (C=O) groups excluding carboxylic acids is 1. The number of benzene rings is 1. The fraction of sp³-hybridized carbons (Fsp3) is 0.143. The number of carbonyl (C=O) groups is 1. The number of nitrogens with one attached hydrogen (secondary N) is 1. The van der Waals surface area contributed by atoms with Gasteiger partial charge >= 0.3 is 5.97 Å². The highest BCUT2D eigenvalue weighted by atomic mass is 35.5. The van der Waals surface area contributed by atoms with Crippen molar-refractivity contribution in [2.45, 2.75) is 6.42 Å². The Balaban J connectivity index is 1.78. The number of nitrogens with two attached hydrogens (primary N) is 1. The number of para-hydroxylation sites is 1. The van der Waals surface area contributed by atoms with E-state index in [0.29, 0.717) is 23.0 Å². The number of hydrogen-bond donors (Lipinski definition) is 2. The third kappa shape index (κ3) is 5.09. The zero-order valence-corrected chi connectivity index (χ0v) is 12.6. The summed E-state index contributed by atoms with van der Waals surface area (Å²) in [5, 5.41) is 4.79. The summed E-state index contributed by atoms with van der Waals surface area (Å²) in [6, 6.07) is 10.7. The van der Waals surface area contributed by atoms with Crippen molar-refractivity contribution in [3.05, 3.63) is 51.7 Å². The third-order valence-corrected chi connectivity index (χ3v) is 3.61. The summed E-state index contributed by atoms with van der Waals surface area (Å²) in [6.07, 6.45) is 0.496. The van der Waals surface area contributed by atoms with Crippen molar-refractivity contribution in [3.63, 3.8) is 0 Å². The lowest BCUT2D eigenvalue weighted by Crippen LogP contribution is -2.76. The molecular weight excluding hydrogens is 312 g/mol. The van der Waals surface area contributed by atoms with E-state index in [1.54, 1.807) is 35.6 Å². The van der Waals surface area contributed by atoms with Crippen LogP contribution in [0.5, 0.6) is 5.75 Å². The van der Waals surface area contributed by atoms with Gasteiger partial charge in [0.2, 0.25) is 0 Å². The highest BCUT2D eigenvalue weighted by molar-refractivity contribution is 7.10. The molecule has 7 heteroatoms. The zero-order chi connectivity index (χ0) is 15.1. The van der Waals surface area contributed by atoms with Gasteiger partial charge in [0.15, 0.2) is 6.61 Å². The molecule has 3 N–H and O–H groups in total. The Hall–Kier alpha value is -2.05. The Morgan fingerprint density at radius 3 is 2.81 bits per heavy atom. The Morgan fingerprint density at radius 2 is 2.10 bits per heavy atom. The van der Waals surface area contributed by atoms with Crippen LogP contribution in [0.2, 0.25) is 5.02 Å². The van der Waals surface area contributed by atoms with Crippen LogP contribution in [0.15, 0.2) is 41.8 Å². The summed E-state index contributed by atoms with van der Waals surface area (Å²) in [5.74, 6) is 0.180. The number of thiophene rings is 1. The van der Waals surface area contributed by atoms with Gasteiger partial charge in [-0.1, -0.05) is 35.0 Å². The second-order valence-electron chi connectivity index (χ2n) is 4.08. The Bertz CT molecular complexity index is 629. The molecule has 0 fully saturated rings. The molecule has 0 saturated carbocycles. The Kier molecular flexibility index (Phi) is 5.59. The minimum atomic E-state index is -0.593. The minimum absolute atomic E-state index is 0.261. The number of hydrogen-bond acceptors (Lipinski definition) is 4. The molecule has 1 aromatic carbocycles. The molecule has 21 heavy (non-hydrogen) atoms. The molecule has 0 spiro atoms. The predicted octanol–water partition coefficient (Wildman–Crippen LogP) is 0.919. The van der Waals surface area contributed by atoms with E-state index in [1.807, 2.05) is 17.5 Å². The zero-order valence-electron chi connectivity index (χ0n) is 11.0. The first kappa shape index (κ1) is 15.3. The third-order valence-electron chi connectivity index (χ3n) is 2.42. The average Bonchev–Trinajstić information content (AvgIpc) is 2.97. The van der Waals surface area contributed by atoms with E-state index in [-0.39, 0.29) is 6.61 Å². The van der Waals surface area contributed by atoms with Gasteiger partial charge in [-0.05, 0) is 23.6 Å². The molecule has 0 aliphatic rings. The average molecular weight is 326 g/mol. The van der Waals surface area contributed by atoms with Crippen LogP contribution >= 0.6 is 22.9 Å². The van der Waals surface area contributed by atoms with Crippen molar-refractivity contribution in [1.29, 1.82) is 0 Å². The van der Waals surface area contributed by atoms with Crippen LogP contribution in [0.4, 0.5) is 0 Å². The van der Waals surface area contributed by atoms with E-state index in [4.69, 9.17) is 26.9 Å². The second kappa shape index (κ2) is 7.66. The molecule has 0 radical (unpaired) electrons. The maximum absolute atomic E-state index is 11.5. The Morgan fingerprint density at radius 1 is 1.29 bits per heavy atom. The molecule has 0 atom stereocenters. The van der Waals surface area contributed by atoms with Crippen molar-refractivity contribution < 1.29 is 19.5 Å². The van der Waals surface area contributed by atoms with Gasteiger partial charge < -0.3 is 4.74 Å². The first-order valence-corrected chi connectivity index (χ1v) is 7.37. The summed E-state index contributed by atoms with van der Waals surface area (Å²) >= 11 is 7.47. The van der Waals surface area contributed by atoms with Crippen LogP contribution in [-0.2, 0) is 16.1 Å². The smallest absolute Gasteiger partial charge is 0.394 e. The van der Waals surface area contributed by atoms with Gasteiger partial charge in [0.1, 0.15) is 5.75 Å². The fourth-order valence-electron chi connectivity index (χ4n) is 1.49. The number of amidine groups is 1. The van der Waals surface area contributed by atoms with Crippen LogP contribution in [-0.4, -0.2) is 18.4 Å². The molecule has 0 bridgehead atoms. The minimum Gasteiger partial charge on any atom is -0.480 e. The molecule has 110 valence electrons. The highest BCUT2D eigenvalue weighted by Crippen LogP contribution is 2.22. The number of rotatable bonds is 6. The predicted molar refractivity (Wildman–Crippen MR) is 81.2 cm³/mol. The van der Waals surface area contributed by atoms with Crippen molar-refractivity contribution in [1.82, 2.24) is 0 Å². The monoisotopic (exact) mass is 325 g/mol. The van der Waals surface area contributed by atoms with Crippen LogP contribution in [0.3, 0.4) is 0 Å². The van der Waals surface area contributed by atoms with E-state index in [0.717, 1.165) is 4.88 Å². The van der Waals surface area contributed by atoms with Gasteiger partial charge in [-0.15, -0.1) is 11.3 Å². The van der Waals surface area contributed by atoms with Gasteiger partial charge in [-0.2, -0.15) is 0 Å². The standard InChI is InChI=1S/C14H13ClN2O3S/c15-11-5-1-2-6-12(11)19-9-14(18)20-17-13(16)8-10-4-3-7-21-10/h1-7H,8-9H2,(H2,16,17)/p+1. The van der Waals surface area contributed by atoms with Crippen molar-refractivity contribution >= 4 is 34.7 Å². The number of ether oxygens (including phenoxy) is 1. The largest absolute Gasteiger partial charge is 0.480 e. The molecule has 0 amide bonds. The normalized spacial score (nSPS) is 11.2. The summed E-state index contributed by atoms with van der Waals surface area (Å²) in [7, 11) is 0. The quantitative estimate of drug-likeness (QED) is 0.358. The van der Waals surface area contributed by atoms with Gasteiger partial charge in [-0.25, -0.2) is 4.79 Å². The first-order chi connectivity index (χ1) is 10.1. The molecule has 2 rings (SSSR count). The van der Waals surface area contributed by atoms with Crippen molar-refractivity contribution in [2.24, 2.45) is 5.73 Å². The van der Waals surface area contributed by atoms with Crippen molar-refractivity contribution in [3.8, 4) is 5.75 Å². The molecule has 0 saturated heterocycles. The van der Waals surface area contributed by atoms with Crippen molar-refractivity contribution in [2.75, 3.05) is 6.61 Å².